The smallest absolute Gasteiger partial charge is 0.229 e. The first kappa shape index (κ1) is 11.2. The summed E-state index contributed by atoms with van der Waals surface area (Å²) in [5, 5.41) is 9.18. The van der Waals surface area contributed by atoms with Gasteiger partial charge in [-0.1, -0.05) is 0 Å². The van der Waals surface area contributed by atoms with Crippen LogP contribution in [0.3, 0.4) is 0 Å². The lowest BCUT2D eigenvalue weighted by atomic mass is 10.0. The second-order valence-corrected chi connectivity index (χ2v) is 3.94. The molecule has 1 N–H and O–H groups in total. The number of imide groups is 1. The predicted molar refractivity (Wildman–Crippen MR) is 51.5 cm³/mol. The number of carbonyl (C=O) groups excluding carboxylic acids is 2. The van der Waals surface area contributed by atoms with Gasteiger partial charge in [-0.05, 0) is 26.7 Å². The van der Waals surface area contributed by atoms with E-state index in [1.165, 1.54) is 4.90 Å². The Morgan fingerprint density at radius 1 is 1.29 bits per heavy atom. The van der Waals surface area contributed by atoms with Crippen LogP contribution in [0, 0.1) is 0 Å². The molecule has 80 valence electrons. The normalized spacial score (nSPS) is 22.4. The maximum absolute atomic E-state index is 11.5. The van der Waals surface area contributed by atoms with Gasteiger partial charge in [0.05, 0.1) is 6.10 Å². The summed E-state index contributed by atoms with van der Waals surface area (Å²) in [6.45, 7) is 3.46. The van der Waals surface area contributed by atoms with Crippen molar-refractivity contribution >= 4 is 11.8 Å². The van der Waals surface area contributed by atoms with E-state index in [9.17, 15) is 14.7 Å². The highest BCUT2D eigenvalue weighted by Crippen LogP contribution is 2.17. The maximum Gasteiger partial charge on any atom is 0.229 e. The van der Waals surface area contributed by atoms with Gasteiger partial charge in [0.25, 0.3) is 0 Å². The highest BCUT2D eigenvalue weighted by Gasteiger charge is 2.30. The summed E-state index contributed by atoms with van der Waals surface area (Å²) in [6, 6.07) is -0.185. The zero-order valence-corrected chi connectivity index (χ0v) is 8.69. The minimum atomic E-state index is -0.479. The first-order chi connectivity index (χ1) is 6.52. The van der Waals surface area contributed by atoms with Crippen LogP contribution in [0.1, 0.15) is 39.5 Å². The highest BCUT2D eigenvalue weighted by molar-refractivity contribution is 5.97. The molecule has 4 nitrogen and oxygen atoms in total. The van der Waals surface area contributed by atoms with Crippen molar-refractivity contribution in [2.45, 2.75) is 51.7 Å². The Morgan fingerprint density at radius 3 is 2.21 bits per heavy atom. The van der Waals surface area contributed by atoms with Gasteiger partial charge in [-0.15, -0.1) is 0 Å². The Morgan fingerprint density at radius 2 is 1.79 bits per heavy atom. The first-order valence-electron chi connectivity index (χ1n) is 5.05. The molecule has 0 aromatic carbocycles. The van der Waals surface area contributed by atoms with Gasteiger partial charge in [0.1, 0.15) is 0 Å². The molecule has 0 radical (unpaired) electrons. The van der Waals surface area contributed by atoms with Crippen molar-refractivity contribution in [3.05, 3.63) is 0 Å². The van der Waals surface area contributed by atoms with Crippen molar-refractivity contribution in [3.63, 3.8) is 0 Å². The number of hydrogen-bond acceptors (Lipinski definition) is 3. The Labute approximate surface area is 83.9 Å². The lowest BCUT2D eigenvalue weighted by Crippen LogP contribution is -2.46. The fourth-order valence-corrected chi connectivity index (χ4v) is 1.86. The van der Waals surface area contributed by atoms with Crippen molar-refractivity contribution in [1.82, 2.24) is 4.90 Å². The topological polar surface area (TPSA) is 57.6 Å². The molecule has 1 saturated heterocycles. The molecule has 0 bridgehead atoms. The van der Waals surface area contributed by atoms with Crippen LogP contribution in [0.5, 0.6) is 0 Å². The number of aliphatic hydroxyl groups excluding tert-OH is 1. The minimum absolute atomic E-state index is 0.102. The summed E-state index contributed by atoms with van der Waals surface area (Å²) in [5.41, 5.74) is 0. The molecule has 2 unspecified atom stereocenters. The second-order valence-electron chi connectivity index (χ2n) is 3.94. The van der Waals surface area contributed by atoms with E-state index < -0.39 is 6.10 Å². The van der Waals surface area contributed by atoms with Crippen LogP contribution in [0.25, 0.3) is 0 Å². The molecule has 1 heterocycles. The van der Waals surface area contributed by atoms with E-state index in [1.807, 2.05) is 0 Å². The van der Waals surface area contributed by atoms with Crippen LogP contribution >= 0.6 is 0 Å². The summed E-state index contributed by atoms with van der Waals surface area (Å²) >= 11 is 0. The lowest BCUT2D eigenvalue weighted by molar-refractivity contribution is -0.150. The summed E-state index contributed by atoms with van der Waals surface area (Å²) in [6.07, 6.45) is 1.55. The number of aliphatic hydroxyl groups is 1. The lowest BCUT2D eigenvalue weighted by Gasteiger charge is -2.31. The molecule has 0 aliphatic carbocycles. The van der Waals surface area contributed by atoms with Crippen molar-refractivity contribution in [3.8, 4) is 0 Å². The van der Waals surface area contributed by atoms with Crippen LogP contribution in [0.15, 0.2) is 0 Å². The molecule has 0 spiro atoms. The average molecular weight is 199 g/mol. The van der Waals surface area contributed by atoms with Crippen LogP contribution in [0.2, 0.25) is 0 Å². The largest absolute Gasteiger partial charge is 0.393 e. The number of piperidine rings is 1. The SMILES string of the molecule is CC(O)CC(C)N1C(=O)CCCC1=O. The number of rotatable bonds is 3. The number of likely N-dealkylation sites (tertiary alicyclic amines) is 1. The third-order valence-electron chi connectivity index (χ3n) is 2.44. The quantitative estimate of drug-likeness (QED) is 0.680. The van der Waals surface area contributed by atoms with Crippen molar-refractivity contribution < 1.29 is 14.7 Å². The van der Waals surface area contributed by atoms with Crippen LogP contribution in [0.4, 0.5) is 0 Å². The number of amides is 2. The predicted octanol–water partition coefficient (Wildman–Crippen LogP) is 0.685. The van der Waals surface area contributed by atoms with Gasteiger partial charge in [-0.3, -0.25) is 14.5 Å². The second kappa shape index (κ2) is 4.55. The fraction of sp³-hybridized carbons (Fsp3) is 0.800. The van der Waals surface area contributed by atoms with Gasteiger partial charge in [0.15, 0.2) is 0 Å². The highest BCUT2D eigenvalue weighted by atomic mass is 16.3. The van der Waals surface area contributed by atoms with E-state index in [-0.39, 0.29) is 17.9 Å². The molecular weight excluding hydrogens is 182 g/mol. The van der Waals surface area contributed by atoms with E-state index >= 15 is 0 Å². The Kier molecular flexibility index (Phi) is 3.63. The van der Waals surface area contributed by atoms with Gasteiger partial charge >= 0.3 is 0 Å². The Hall–Kier alpha value is -0.900. The Bertz CT molecular complexity index is 222. The van der Waals surface area contributed by atoms with E-state index in [2.05, 4.69) is 0 Å². The molecule has 0 aromatic heterocycles. The zero-order valence-electron chi connectivity index (χ0n) is 8.69. The molecule has 1 aliphatic heterocycles. The van der Waals surface area contributed by atoms with E-state index in [1.54, 1.807) is 13.8 Å². The fourth-order valence-electron chi connectivity index (χ4n) is 1.86. The molecule has 4 heteroatoms. The summed E-state index contributed by atoms with van der Waals surface area (Å²) in [7, 11) is 0. The van der Waals surface area contributed by atoms with Gasteiger partial charge in [-0.2, -0.15) is 0 Å². The third-order valence-corrected chi connectivity index (χ3v) is 2.44. The molecule has 14 heavy (non-hydrogen) atoms. The van der Waals surface area contributed by atoms with Crippen molar-refractivity contribution in [2.24, 2.45) is 0 Å². The first-order valence-corrected chi connectivity index (χ1v) is 5.05. The molecule has 2 atom stereocenters. The van der Waals surface area contributed by atoms with Gasteiger partial charge < -0.3 is 5.11 Å². The number of nitrogens with zero attached hydrogens (tertiary/aromatic N) is 1. The summed E-state index contributed by atoms with van der Waals surface area (Å²) < 4.78 is 0. The van der Waals surface area contributed by atoms with Crippen LogP contribution in [-0.2, 0) is 9.59 Å². The van der Waals surface area contributed by atoms with Gasteiger partial charge in [-0.25, -0.2) is 0 Å². The molecule has 1 rings (SSSR count). The molecule has 0 saturated carbocycles. The average Bonchev–Trinajstić information content (AvgIpc) is 2.01. The van der Waals surface area contributed by atoms with Crippen molar-refractivity contribution in [1.29, 1.82) is 0 Å². The van der Waals surface area contributed by atoms with Gasteiger partial charge in [0.2, 0.25) is 11.8 Å². The summed E-state index contributed by atoms with van der Waals surface area (Å²) in [4.78, 5) is 24.2. The molecule has 1 aliphatic rings. The molecular formula is C10H17NO3. The zero-order chi connectivity index (χ0) is 10.7. The number of carbonyl (C=O) groups is 2. The number of hydrogen-bond donors (Lipinski definition) is 1. The van der Waals surface area contributed by atoms with Crippen molar-refractivity contribution in [2.75, 3.05) is 0 Å². The van der Waals surface area contributed by atoms with E-state index in [4.69, 9.17) is 0 Å². The maximum atomic E-state index is 11.5. The van der Waals surface area contributed by atoms with Crippen LogP contribution < -0.4 is 0 Å². The molecule has 1 fully saturated rings. The monoisotopic (exact) mass is 199 g/mol. The standard InChI is InChI=1S/C10H17NO3/c1-7(6-8(2)12)11-9(13)4-3-5-10(11)14/h7-8,12H,3-6H2,1-2H3. The van der Waals surface area contributed by atoms with Crippen LogP contribution in [-0.4, -0.2) is 34.0 Å². The molecule has 0 aromatic rings. The minimum Gasteiger partial charge on any atom is -0.393 e. The van der Waals surface area contributed by atoms with Gasteiger partial charge in [0, 0.05) is 18.9 Å². The Balaban J connectivity index is 2.63. The summed E-state index contributed by atoms with van der Waals surface area (Å²) in [5.74, 6) is -0.205. The van der Waals surface area contributed by atoms with E-state index in [0.29, 0.717) is 25.7 Å². The third kappa shape index (κ3) is 2.54. The molecule has 2 amide bonds. The van der Waals surface area contributed by atoms with E-state index in [0.717, 1.165) is 0 Å².